The number of carbonyl (C=O) groups excluding carboxylic acids is 2. The third-order valence-corrected chi connectivity index (χ3v) is 2.59. The molecule has 0 atom stereocenters. The third kappa shape index (κ3) is 4.70. The van der Waals surface area contributed by atoms with Crippen LogP contribution in [0.2, 0.25) is 0 Å². The molecular weight excluding hydrogens is 347 g/mol. The van der Waals surface area contributed by atoms with Gasteiger partial charge in [-0.2, -0.15) is 39.5 Å². The number of carbonyl (C=O) groups is 2. The van der Waals surface area contributed by atoms with Crippen LogP contribution in [0.3, 0.4) is 0 Å². The lowest BCUT2D eigenvalue weighted by Gasteiger charge is -2.16. The number of halogens is 9. The van der Waals surface area contributed by atoms with E-state index in [0.717, 1.165) is 0 Å². The lowest BCUT2D eigenvalue weighted by molar-refractivity contribution is -0.170. The molecule has 1 aromatic rings. The van der Waals surface area contributed by atoms with Crippen molar-refractivity contribution < 1.29 is 49.1 Å². The van der Waals surface area contributed by atoms with Gasteiger partial charge in [0.1, 0.15) is 0 Å². The molecule has 0 aromatic heterocycles. The first-order valence-corrected chi connectivity index (χ1v) is 5.55. The van der Waals surface area contributed by atoms with E-state index in [0.29, 0.717) is 0 Å². The molecule has 1 rings (SSSR count). The second-order valence-electron chi connectivity index (χ2n) is 4.28. The van der Waals surface area contributed by atoms with Gasteiger partial charge >= 0.3 is 18.5 Å². The fourth-order valence-corrected chi connectivity index (χ4v) is 1.55. The molecule has 23 heavy (non-hydrogen) atoms. The smallest absolute Gasteiger partial charge is 0.294 e. The van der Waals surface area contributed by atoms with Crippen molar-refractivity contribution in [1.82, 2.24) is 0 Å². The Morgan fingerprint density at radius 3 is 1.65 bits per heavy atom. The Balaban J connectivity index is 3.26. The van der Waals surface area contributed by atoms with E-state index in [9.17, 15) is 49.1 Å². The Bertz CT molecular complexity index is 623. The van der Waals surface area contributed by atoms with Gasteiger partial charge in [0.25, 0.3) is 0 Å². The molecule has 0 aliphatic heterocycles. The Hall–Kier alpha value is -2.07. The van der Waals surface area contributed by atoms with E-state index < -0.39 is 53.2 Å². The molecule has 128 valence electrons. The summed E-state index contributed by atoms with van der Waals surface area (Å²) in [5.74, 6) is -4.19. The Labute approximate surface area is 121 Å². The molecule has 0 aliphatic carbocycles. The summed E-state index contributed by atoms with van der Waals surface area (Å²) in [6.07, 6.45) is -18.1. The van der Waals surface area contributed by atoms with E-state index in [1.165, 1.54) is 0 Å². The molecule has 0 aliphatic rings. The highest BCUT2D eigenvalue weighted by Crippen LogP contribution is 2.40. The van der Waals surface area contributed by atoms with Gasteiger partial charge < -0.3 is 0 Å². The van der Waals surface area contributed by atoms with Crippen LogP contribution in [0.4, 0.5) is 39.5 Å². The van der Waals surface area contributed by atoms with Gasteiger partial charge in [-0.25, -0.2) is 0 Å². The van der Waals surface area contributed by atoms with Crippen molar-refractivity contribution in [1.29, 1.82) is 0 Å². The Morgan fingerprint density at radius 2 is 1.26 bits per heavy atom. The van der Waals surface area contributed by atoms with E-state index in [1.807, 2.05) is 0 Å². The van der Waals surface area contributed by atoms with Crippen molar-refractivity contribution in [3.05, 3.63) is 34.9 Å². The number of alkyl halides is 9. The van der Waals surface area contributed by atoms with Crippen LogP contribution < -0.4 is 0 Å². The van der Waals surface area contributed by atoms with Gasteiger partial charge in [-0.05, 0) is 12.1 Å². The minimum Gasteiger partial charge on any atom is -0.294 e. The molecule has 0 fully saturated rings. The van der Waals surface area contributed by atoms with E-state index in [2.05, 4.69) is 0 Å². The summed E-state index contributed by atoms with van der Waals surface area (Å²) in [6.45, 7) is 0. The van der Waals surface area contributed by atoms with E-state index >= 15 is 0 Å². The van der Waals surface area contributed by atoms with Crippen LogP contribution in [0.5, 0.6) is 0 Å². The second-order valence-corrected chi connectivity index (χ2v) is 4.28. The van der Waals surface area contributed by atoms with Gasteiger partial charge in [0.05, 0.1) is 17.5 Å². The van der Waals surface area contributed by atoms with Crippen molar-refractivity contribution in [2.75, 3.05) is 0 Å². The number of benzene rings is 1. The molecule has 0 saturated carbocycles. The Morgan fingerprint density at radius 1 is 0.783 bits per heavy atom. The third-order valence-electron chi connectivity index (χ3n) is 2.59. The second kappa shape index (κ2) is 5.85. The average Bonchev–Trinajstić information content (AvgIpc) is 2.34. The normalized spacial score (nSPS) is 13.1. The van der Waals surface area contributed by atoms with Crippen LogP contribution in [0.15, 0.2) is 18.2 Å². The van der Waals surface area contributed by atoms with Crippen molar-refractivity contribution in [3.8, 4) is 0 Å². The monoisotopic (exact) mass is 352 g/mol. The summed E-state index contributed by atoms with van der Waals surface area (Å²) in [5.41, 5.74) is -5.40. The quantitative estimate of drug-likeness (QED) is 0.458. The maximum atomic E-state index is 12.6. The molecule has 0 heterocycles. The Kier molecular flexibility index (Phi) is 4.83. The van der Waals surface area contributed by atoms with Gasteiger partial charge in [-0.1, -0.05) is 6.07 Å². The van der Waals surface area contributed by atoms with Crippen LogP contribution in [-0.2, 0) is 17.1 Å². The van der Waals surface area contributed by atoms with Gasteiger partial charge in [-0.3, -0.25) is 9.59 Å². The van der Waals surface area contributed by atoms with Crippen LogP contribution in [0, 0.1) is 0 Å². The summed E-state index contributed by atoms with van der Waals surface area (Å²) < 4.78 is 111. The average molecular weight is 352 g/mol. The number of Topliss-reactive ketones (excluding diaryl/α,β-unsaturated/α-hetero) is 2. The summed E-state index contributed by atoms with van der Waals surface area (Å²) in [6, 6.07) is -0.0208. The van der Waals surface area contributed by atoms with Crippen molar-refractivity contribution in [2.24, 2.45) is 0 Å². The van der Waals surface area contributed by atoms with Crippen molar-refractivity contribution in [3.63, 3.8) is 0 Å². The summed E-state index contributed by atoms with van der Waals surface area (Å²) in [5, 5.41) is 0. The van der Waals surface area contributed by atoms with Crippen LogP contribution in [0.1, 0.15) is 27.9 Å². The van der Waals surface area contributed by atoms with Gasteiger partial charge in [0.15, 0.2) is 5.78 Å². The van der Waals surface area contributed by atoms with Crippen LogP contribution in [0.25, 0.3) is 0 Å². The predicted octanol–water partition coefficient (Wildman–Crippen LogP) is 4.43. The fraction of sp³-hybridized carbons (Fsp3) is 0.333. The number of hydrogen-bond acceptors (Lipinski definition) is 2. The summed E-state index contributed by atoms with van der Waals surface area (Å²) in [7, 11) is 0. The number of ketones is 2. The SMILES string of the molecule is O=C(CC(=O)C(F)(F)F)c1ccc(C(F)(F)F)c(C(F)(F)F)c1. The molecular formula is C12H5F9O2. The zero-order valence-corrected chi connectivity index (χ0v) is 10.7. The molecule has 0 amide bonds. The van der Waals surface area contributed by atoms with E-state index in [-0.39, 0.29) is 18.2 Å². The first-order valence-electron chi connectivity index (χ1n) is 5.55. The number of hydrogen-bond donors (Lipinski definition) is 0. The minimum atomic E-state index is -5.49. The molecule has 0 spiro atoms. The first kappa shape index (κ1) is 19.0. The standard InChI is InChI=1S/C12H5F9O2/c13-10(14,15)6-2-1-5(3-7(6)11(16,17)18)8(22)4-9(23)12(19,20)21/h1-3H,4H2. The largest absolute Gasteiger partial charge is 0.450 e. The lowest BCUT2D eigenvalue weighted by Crippen LogP contribution is -2.25. The highest BCUT2D eigenvalue weighted by molar-refractivity contribution is 6.09. The molecule has 11 heteroatoms. The molecule has 1 aromatic carbocycles. The van der Waals surface area contributed by atoms with Gasteiger partial charge in [-0.15, -0.1) is 0 Å². The summed E-state index contributed by atoms with van der Waals surface area (Å²) >= 11 is 0. The highest BCUT2D eigenvalue weighted by atomic mass is 19.4. The van der Waals surface area contributed by atoms with Crippen LogP contribution in [-0.4, -0.2) is 17.7 Å². The van der Waals surface area contributed by atoms with Crippen molar-refractivity contribution >= 4 is 11.6 Å². The molecule has 2 nitrogen and oxygen atoms in total. The van der Waals surface area contributed by atoms with E-state index in [4.69, 9.17) is 0 Å². The highest BCUT2D eigenvalue weighted by Gasteiger charge is 2.44. The lowest BCUT2D eigenvalue weighted by atomic mass is 9.98. The fourth-order valence-electron chi connectivity index (χ4n) is 1.55. The molecule has 0 N–H and O–H groups in total. The van der Waals surface area contributed by atoms with Crippen molar-refractivity contribution in [2.45, 2.75) is 24.9 Å². The van der Waals surface area contributed by atoms with Gasteiger partial charge in [0, 0.05) is 5.56 Å². The predicted molar refractivity (Wildman–Crippen MR) is 56.5 cm³/mol. The molecule has 0 saturated heterocycles. The number of rotatable bonds is 3. The van der Waals surface area contributed by atoms with E-state index in [1.54, 1.807) is 0 Å². The molecule has 0 unspecified atom stereocenters. The maximum absolute atomic E-state index is 12.6. The minimum absolute atomic E-state index is 0.0753. The zero-order valence-electron chi connectivity index (χ0n) is 10.7. The first-order chi connectivity index (χ1) is 10.1. The van der Waals surface area contributed by atoms with Crippen LogP contribution >= 0.6 is 0 Å². The maximum Gasteiger partial charge on any atom is 0.450 e. The van der Waals surface area contributed by atoms with Gasteiger partial charge in [0.2, 0.25) is 5.78 Å². The molecule has 0 bridgehead atoms. The zero-order chi connectivity index (χ0) is 18.2. The summed E-state index contributed by atoms with van der Waals surface area (Å²) in [4.78, 5) is 22.0. The topological polar surface area (TPSA) is 34.1 Å². The molecule has 0 radical (unpaired) electrons.